The van der Waals surface area contributed by atoms with Crippen LogP contribution in [0.25, 0.3) is 93.6 Å². The van der Waals surface area contributed by atoms with E-state index in [1.807, 2.05) is 0 Å². The summed E-state index contributed by atoms with van der Waals surface area (Å²) in [6, 6.07) is 82.9. The lowest BCUT2D eigenvalue weighted by molar-refractivity contribution is 0.670. The van der Waals surface area contributed by atoms with Crippen LogP contribution in [0.2, 0.25) is 0 Å². The van der Waals surface area contributed by atoms with Gasteiger partial charge in [-0.3, -0.25) is 0 Å². The van der Waals surface area contributed by atoms with Gasteiger partial charge in [0.25, 0.3) is 0 Å². The Kier molecular flexibility index (Phi) is 8.17. The first kappa shape index (κ1) is 34.9. The quantitative estimate of drug-likeness (QED) is 0.161. The molecule has 12 aromatic rings. The van der Waals surface area contributed by atoms with Crippen LogP contribution >= 0.6 is 0 Å². The topological polar surface area (TPSA) is 21.3 Å². The van der Waals surface area contributed by atoms with Gasteiger partial charge in [0, 0.05) is 49.6 Å². The van der Waals surface area contributed by atoms with E-state index in [0.29, 0.717) is 0 Å². The zero-order chi connectivity index (χ0) is 40.3. The highest BCUT2D eigenvalue weighted by Gasteiger charge is 2.23. The van der Waals surface area contributed by atoms with E-state index in [-0.39, 0.29) is 0 Å². The summed E-state index contributed by atoms with van der Waals surface area (Å²) in [5, 5.41) is 6.95. The smallest absolute Gasteiger partial charge is 0.143 e. The maximum Gasteiger partial charge on any atom is 0.143 e. The molecule has 2 aromatic heterocycles. The number of furan rings is 1. The van der Waals surface area contributed by atoms with Gasteiger partial charge >= 0.3 is 0 Å². The number of fused-ring (bicyclic) bond motifs is 7. The molecular weight excluding hydrogens is 741 g/mol. The van der Waals surface area contributed by atoms with Crippen LogP contribution in [0.1, 0.15) is 0 Å². The number of hydrogen-bond acceptors (Lipinski definition) is 2. The molecule has 61 heavy (non-hydrogen) atoms. The first-order valence-electron chi connectivity index (χ1n) is 20.8. The van der Waals surface area contributed by atoms with Crippen molar-refractivity contribution in [3.8, 4) is 39.1 Å². The number of rotatable bonds is 7. The van der Waals surface area contributed by atoms with Crippen LogP contribution in [0.15, 0.2) is 235 Å². The van der Waals surface area contributed by atoms with Gasteiger partial charge in [-0.15, -0.1) is 0 Å². The summed E-state index contributed by atoms with van der Waals surface area (Å²) in [6.45, 7) is 0. The fraction of sp³-hybridized carbons (Fsp3) is 0. The maximum atomic E-state index is 6.82. The van der Waals surface area contributed by atoms with Crippen LogP contribution in [0.5, 0.6) is 0 Å². The van der Waals surface area contributed by atoms with Gasteiger partial charge in [-0.05, 0) is 99.9 Å². The molecule has 0 saturated heterocycles. The van der Waals surface area contributed by atoms with Crippen molar-refractivity contribution in [3.63, 3.8) is 0 Å². The number of aromatic nitrogens is 1. The zero-order valence-electron chi connectivity index (χ0n) is 33.2. The van der Waals surface area contributed by atoms with Crippen LogP contribution in [-0.2, 0) is 0 Å². The molecule has 0 saturated carbocycles. The number of benzene rings is 10. The summed E-state index contributed by atoms with van der Waals surface area (Å²) in [5.74, 6) is 0. The Hall–Kier alpha value is -8.14. The van der Waals surface area contributed by atoms with Crippen molar-refractivity contribution >= 4 is 71.6 Å². The molecule has 12 rings (SSSR count). The highest BCUT2D eigenvalue weighted by atomic mass is 16.3. The largest absolute Gasteiger partial charge is 0.455 e. The van der Waals surface area contributed by atoms with Gasteiger partial charge < -0.3 is 13.9 Å². The van der Waals surface area contributed by atoms with E-state index in [4.69, 9.17) is 4.42 Å². The second kappa shape index (κ2) is 14.3. The van der Waals surface area contributed by atoms with Gasteiger partial charge in [-0.2, -0.15) is 0 Å². The van der Waals surface area contributed by atoms with Crippen molar-refractivity contribution < 1.29 is 4.42 Å². The molecule has 10 aromatic carbocycles. The Balaban J connectivity index is 1.10. The highest BCUT2D eigenvalue weighted by Crippen LogP contribution is 2.47. The monoisotopic (exact) mass is 778 g/mol. The predicted molar refractivity (Wildman–Crippen MR) is 257 cm³/mol. The Morgan fingerprint density at radius 1 is 0.328 bits per heavy atom. The van der Waals surface area contributed by atoms with Crippen molar-refractivity contribution in [1.29, 1.82) is 0 Å². The van der Waals surface area contributed by atoms with E-state index in [9.17, 15) is 0 Å². The molecular formula is C58H38N2O. The molecule has 0 unspecified atom stereocenters. The third-order valence-electron chi connectivity index (χ3n) is 12.2. The van der Waals surface area contributed by atoms with E-state index < -0.39 is 0 Å². The van der Waals surface area contributed by atoms with E-state index in [1.165, 1.54) is 49.3 Å². The molecule has 286 valence electrons. The number of para-hydroxylation sites is 3. The van der Waals surface area contributed by atoms with Crippen LogP contribution in [-0.4, -0.2) is 4.57 Å². The Labute approximate surface area is 353 Å². The number of anilines is 3. The van der Waals surface area contributed by atoms with Crippen molar-refractivity contribution in [2.45, 2.75) is 0 Å². The molecule has 0 atom stereocenters. The van der Waals surface area contributed by atoms with Gasteiger partial charge in [0.2, 0.25) is 0 Å². The van der Waals surface area contributed by atoms with E-state index in [0.717, 1.165) is 61.3 Å². The highest BCUT2D eigenvalue weighted by molar-refractivity contribution is 6.15. The summed E-state index contributed by atoms with van der Waals surface area (Å²) in [6.07, 6.45) is 0. The van der Waals surface area contributed by atoms with Crippen molar-refractivity contribution in [1.82, 2.24) is 4.57 Å². The molecule has 0 fully saturated rings. The summed E-state index contributed by atoms with van der Waals surface area (Å²) in [4.78, 5) is 2.41. The lowest BCUT2D eigenvalue weighted by Crippen LogP contribution is -2.11. The normalized spacial score (nSPS) is 11.6. The molecule has 0 spiro atoms. The minimum absolute atomic E-state index is 0.871. The standard InChI is InChI=1S/C58H38N2O/c1-4-17-39(18-5-1)41-21-16-24-44(35-41)60-54-29-14-12-27-49(54)52-36-42(31-33-56(52)60)51-37-45(38-53-50-28-13-15-30-57(50)61-58(51)53)59(43-22-8-3-9-23-43)55-34-32-46(40-19-6-2-7-20-40)47-25-10-11-26-48(47)55/h1-38H. The molecule has 3 nitrogen and oxygen atoms in total. The SMILES string of the molecule is c1ccc(-c2cccc(-n3c4ccccc4c4cc(-c5cc(N(c6ccccc6)c6ccc(-c7ccccc7)c7ccccc67)cc6c5oc5ccccc56)ccc43)c2)cc1. The molecule has 0 bridgehead atoms. The molecule has 0 N–H and O–H groups in total. The lowest BCUT2D eigenvalue weighted by atomic mass is 9.95. The minimum Gasteiger partial charge on any atom is -0.455 e. The van der Waals surface area contributed by atoms with Crippen molar-refractivity contribution in [3.05, 3.63) is 231 Å². The number of nitrogens with zero attached hydrogens (tertiary/aromatic N) is 2. The van der Waals surface area contributed by atoms with Crippen molar-refractivity contribution in [2.24, 2.45) is 0 Å². The first-order valence-corrected chi connectivity index (χ1v) is 20.8. The Morgan fingerprint density at radius 2 is 0.967 bits per heavy atom. The maximum absolute atomic E-state index is 6.82. The van der Waals surface area contributed by atoms with Crippen molar-refractivity contribution in [2.75, 3.05) is 4.90 Å². The molecule has 3 heteroatoms. The Morgan fingerprint density at radius 3 is 1.77 bits per heavy atom. The fourth-order valence-corrected chi connectivity index (χ4v) is 9.38. The average Bonchev–Trinajstić information content (AvgIpc) is 3.88. The van der Waals surface area contributed by atoms with Crippen LogP contribution in [0.4, 0.5) is 17.1 Å². The second-order valence-corrected chi connectivity index (χ2v) is 15.7. The molecule has 0 amide bonds. The van der Waals surface area contributed by atoms with Gasteiger partial charge in [0.1, 0.15) is 11.2 Å². The predicted octanol–water partition coefficient (Wildman–Crippen LogP) is 16.3. The van der Waals surface area contributed by atoms with E-state index in [1.54, 1.807) is 0 Å². The molecule has 2 heterocycles. The van der Waals surface area contributed by atoms with Crippen LogP contribution < -0.4 is 4.90 Å². The Bertz CT molecular complexity index is 3580. The van der Waals surface area contributed by atoms with Gasteiger partial charge in [-0.25, -0.2) is 0 Å². The third-order valence-corrected chi connectivity index (χ3v) is 12.2. The molecule has 0 aliphatic heterocycles. The van der Waals surface area contributed by atoms with Gasteiger partial charge in [0.15, 0.2) is 0 Å². The van der Waals surface area contributed by atoms with E-state index in [2.05, 4.69) is 240 Å². The fourth-order valence-electron chi connectivity index (χ4n) is 9.38. The lowest BCUT2D eigenvalue weighted by Gasteiger charge is -2.28. The molecule has 0 aliphatic carbocycles. The summed E-state index contributed by atoms with van der Waals surface area (Å²) < 4.78 is 9.22. The first-order chi connectivity index (χ1) is 30.3. The summed E-state index contributed by atoms with van der Waals surface area (Å²) in [5.41, 5.74) is 15.4. The van der Waals surface area contributed by atoms with Gasteiger partial charge in [0.05, 0.1) is 16.7 Å². The average molecular weight is 779 g/mol. The minimum atomic E-state index is 0.871. The number of hydrogen-bond donors (Lipinski definition) is 0. The summed E-state index contributed by atoms with van der Waals surface area (Å²) in [7, 11) is 0. The van der Waals surface area contributed by atoms with Gasteiger partial charge in [-0.1, -0.05) is 164 Å². The molecule has 0 aliphatic rings. The summed E-state index contributed by atoms with van der Waals surface area (Å²) >= 11 is 0. The van der Waals surface area contributed by atoms with E-state index >= 15 is 0 Å². The van der Waals surface area contributed by atoms with Crippen LogP contribution in [0.3, 0.4) is 0 Å². The second-order valence-electron chi connectivity index (χ2n) is 15.7. The zero-order valence-corrected chi connectivity index (χ0v) is 33.2. The molecule has 0 radical (unpaired) electrons. The van der Waals surface area contributed by atoms with Crippen LogP contribution in [0, 0.1) is 0 Å². The third kappa shape index (κ3) is 5.82.